The molecule has 1 aliphatic rings. The zero-order valence-electron chi connectivity index (χ0n) is 17.3. The predicted octanol–water partition coefficient (Wildman–Crippen LogP) is 2.80. The molecule has 1 aromatic heterocycles. The normalized spacial score (nSPS) is 16.2. The van der Waals surface area contributed by atoms with Crippen molar-refractivity contribution in [3.05, 3.63) is 41.2 Å². The van der Waals surface area contributed by atoms with Gasteiger partial charge in [0.15, 0.2) is 17.3 Å². The fourth-order valence-corrected chi connectivity index (χ4v) is 3.52. The maximum absolute atomic E-state index is 13.8. The molecule has 1 atom stereocenters. The number of carbonyl (C=O) groups excluding carboxylic acids is 1. The van der Waals surface area contributed by atoms with Gasteiger partial charge < -0.3 is 19.9 Å². The van der Waals surface area contributed by atoms with Crippen LogP contribution in [0.5, 0.6) is 0 Å². The monoisotopic (exact) mass is 406 g/mol. The summed E-state index contributed by atoms with van der Waals surface area (Å²) in [7, 11) is 1.97. The number of benzene rings is 1. The van der Waals surface area contributed by atoms with Crippen molar-refractivity contribution in [2.24, 2.45) is 5.41 Å². The van der Waals surface area contributed by atoms with Gasteiger partial charge in [-0.25, -0.2) is 13.8 Å². The van der Waals surface area contributed by atoms with Crippen LogP contribution in [0.1, 0.15) is 43.4 Å². The fourth-order valence-electron chi connectivity index (χ4n) is 3.52. The highest BCUT2D eigenvalue weighted by atomic mass is 19.2. The molecule has 1 aromatic carbocycles. The van der Waals surface area contributed by atoms with E-state index in [4.69, 9.17) is 0 Å². The van der Waals surface area contributed by atoms with Gasteiger partial charge in [0.1, 0.15) is 5.82 Å². The number of nitrogens with one attached hydrogen (secondary N) is 1. The third-order valence-corrected chi connectivity index (χ3v) is 5.34. The van der Waals surface area contributed by atoms with Crippen LogP contribution in [0.4, 0.5) is 8.78 Å². The molecule has 0 aliphatic carbocycles. The molecule has 2 N–H and O–H groups in total. The van der Waals surface area contributed by atoms with Gasteiger partial charge in [0.25, 0.3) is 5.91 Å². The van der Waals surface area contributed by atoms with Crippen molar-refractivity contribution in [2.45, 2.75) is 46.3 Å². The minimum Gasteiger partial charge on any atom is -0.394 e. The van der Waals surface area contributed by atoms with Crippen molar-refractivity contribution in [3.8, 4) is 11.4 Å². The quantitative estimate of drug-likeness (QED) is 0.819. The number of carbonyl (C=O) groups is 1. The Hall–Kier alpha value is -2.32. The van der Waals surface area contributed by atoms with Gasteiger partial charge in [-0.3, -0.25) is 4.79 Å². The van der Waals surface area contributed by atoms with E-state index in [0.717, 1.165) is 30.8 Å². The summed E-state index contributed by atoms with van der Waals surface area (Å²) in [6.07, 6.45) is 0.846. The van der Waals surface area contributed by atoms with Crippen molar-refractivity contribution >= 4 is 5.91 Å². The molecular formula is C21H28F2N4O2. The third-order valence-electron chi connectivity index (χ3n) is 5.34. The standard InChI is InChI=1S/C21H28F2N4O2/c1-21(2,3)17(12-28)24-20(29)18-16-11-26(4)8-5-9-27(16)19(25-18)13-6-7-14(22)15(23)10-13/h6-7,10,17,28H,5,8-9,11-12H2,1-4H3,(H,24,29)/t17-/m1/s1. The van der Waals surface area contributed by atoms with E-state index >= 15 is 0 Å². The SMILES string of the molecule is CN1CCCn2c(-c3ccc(F)c(F)c3)nc(C(=O)N[C@H](CO)C(C)(C)C)c2C1. The average molecular weight is 406 g/mol. The Morgan fingerprint density at radius 2 is 2.00 bits per heavy atom. The molecule has 2 heterocycles. The zero-order valence-corrected chi connectivity index (χ0v) is 17.3. The highest BCUT2D eigenvalue weighted by molar-refractivity contribution is 5.94. The Balaban J connectivity index is 2.06. The van der Waals surface area contributed by atoms with Crippen molar-refractivity contribution < 1.29 is 18.7 Å². The Kier molecular flexibility index (Phi) is 6.05. The minimum absolute atomic E-state index is 0.193. The molecule has 0 bridgehead atoms. The second-order valence-electron chi connectivity index (χ2n) is 8.68. The van der Waals surface area contributed by atoms with Crippen LogP contribution in [0.25, 0.3) is 11.4 Å². The Bertz CT molecular complexity index is 905. The minimum atomic E-state index is -0.954. The molecule has 0 spiro atoms. The number of nitrogens with zero attached hydrogens (tertiary/aromatic N) is 3. The first-order chi connectivity index (χ1) is 13.6. The number of hydrogen-bond acceptors (Lipinski definition) is 4. The summed E-state index contributed by atoms with van der Waals surface area (Å²) in [5, 5.41) is 12.6. The lowest BCUT2D eigenvalue weighted by molar-refractivity contribution is 0.0841. The lowest BCUT2D eigenvalue weighted by Crippen LogP contribution is -2.46. The fraction of sp³-hybridized carbons (Fsp3) is 0.524. The number of aliphatic hydroxyl groups is 1. The number of fused-ring (bicyclic) bond motifs is 1. The molecular weight excluding hydrogens is 378 g/mol. The highest BCUT2D eigenvalue weighted by Crippen LogP contribution is 2.28. The largest absolute Gasteiger partial charge is 0.394 e. The first kappa shape index (κ1) is 21.4. The summed E-state index contributed by atoms with van der Waals surface area (Å²) < 4.78 is 29.1. The molecule has 0 saturated carbocycles. The van der Waals surface area contributed by atoms with E-state index in [1.54, 1.807) is 0 Å². The van der Waals surface area contributed by atoms with Gasteiger partial charge in [0, 0.05) is 18.7 Å². The molecule has 1 amide bonds. The molecule has 1 aliphatic heterocycles. The third kappa shape index (κ3) is 4.48. The summed E-state index contributed by atoms with van der Waals surface area (Å²) in [5.41, 5.74) is 1.07. The van der Waals surface area contributed by atoms with Crippen LogP contribution in [0.2, 0.25) is 0 Å². The number of aliphatic hydroxyl groups excluding tert-OH is 1. The molecule has 3 rings (SSSR count). The first-order valence-electron chi connectivity index (χ1n) is 9.77. The number of imidazole rings is 1. The van der Waals surface area contributed by atoms with Crippen LogP contribution in [0.3, 0.4) is 0 Å². The van der Waals surface area contributed by atoms with Gasteiger partial charge in [0.05, 0.1) is 18.3 Å². The average Bonchev–Trinajstić information content (AvgIpc) is 2.87. The van der Waals surface area contributed by atoms with E-state index < -0.39 is 17.7 Å². The molecule has 0 saturated heterocycles. The van der Waals surface area contributed by atoms with E-state index in [1.165, 1.54) is 6.07 Å². The number of halogens is 2. The van der Waals surface area contributed by atoms with Crippen LogP contribution in [-0.2, 0) is 13.1 Å². The highest BCUT2D eigenvalue weighted by Gasteiger charge is 2.30. The number of rotatable bonds is 4. The smallest absolute Gasteiger partial charge is 0.272 e. The van der Waals surface area contributed by atoms with Crippen molar-refractivity contribution in [1.82, 2.24) is 19.8 Å². The maximum atomic E-state index is 13.8. The van der Waals surface area contributed by atoms with Gasteiger partial charge in [-0.1, -0.05) is 20.8 Å². The van der Waals surface area contributed by atoms with Crippen molar-refractivity contribution in [3.63, 3.8) is 0 Å². The Morgan fingerprint density at radius 1 is 1.28 bits per heavy atom. The summed E-state index contributed by atoms with van der Waals surface area (Å²) in [6.45, 7) is 7.59. The maximum Gasteiger partial charge on any atom is 0.272 e. The van der Waals surface area contributed by atoms with Crippen LogP contribution >= 0.6 is 0 Å². The Labute approximate surface area is 169 Å². The van der Waals surface area contributed by atoms with Gasteiger partial charge >= 0.3 is 0 Å². The molecule has 8 heteroatoms. The van der Waals surface area contributed by atoms with Crippen LogP contribution in [-0.4, -0.2) is 51.7 Å². The van der Waals surface area contributed by atoms with Crippen molar-refractivity contribution in [2.75, 3.05) is 20.2 Å². The lowest BCUT2D eigenvalue weighted by atomic mass is 9.87. The summed E-state index contributed by atoms with van der Waals surface area (Å²) in [4.78, 5) is 19.7. The molecule has 0 fully saturated rings. The zero-order chi connectivity index (χ0) is 21.3. The first-order valence-corrected chi connectivity index (χ1v) is 9.77. The summed E-state index contributed by atoms with van der Waals surface area (Å²) in [5.74, 6) is -1.82. The molecule has 0 unspecified atom stereocenters. The number of aromatic nitrogens is 2. The van der Waals surface area contributed by atoms with Gasteiger partial charge in [-0.2, -0.15) is 0 Å². The van der Waals surface area contributed by atoms with Gasteiger partial charge in [-0.15, -0.1) is 0 Å². The van der Waals surface area contributed by atoms with Gasteiger partial charge in [-0.05, 0) is 43.6 Å². The van der Waals surface area contributed by atoms with Gasteiger partial charge in [0.2, 0.25) is 0 Å². The molecule has 6 nitrogen and oxygen atoms in total. The topological polar surface area (TPSA) is 70.4 Å². The van der Waals surface area contributed by atoms with Crippen LogP contribution < -0.4 is 5.32 Å². The molecule has 2 aromatic rings. The lowest BCUT2D eigenvalue weighted by Gasteiger charge is -2.29. The second kappa shape index (κ2) is 8.20. The van der Waals surface area contributed by atoms with E-state index in [2.05, 4.69) is 15.2 Å². The Morgan fingerprint density at radius 3 is 2.62 bits per heavy atom. The van der Waals surface area contributed by atoms with Crippen molar-refractivity contribution in [1.29, 1.82) is 0 Å². The van der Waals surface area contributed by atoms with E-state index in [-0.39, 0.29) is 23.6 Å². The predicted molar refractivity (Wildman–Crippen MR) is 106 cm³/mol. The van der Waals surface area contributed by atoms with E-state index in [1.807, 2.05) is 32.4 Å². The molecule has 158 valence electrons. The van der Waals surface area contributed by atoms with E-state index in [9.17, 15) is 18.7 Å². The number of amides is 1. The second-order valence-corrected chi connectivity index (χ2v) is 8.68. The summed E-state index contributed by atoms with van der Waals surface area (Å²) >= 11 is 0. The van der Waals surface area contributed by atoms with E-state index in [0.29, 0.717) is 24.5 Å². The number of hydrogen-bond donors (Lipinski definition) is 2. The summed E-state index contributed by atoms with van der Waals surface area (Å²) in [6, 6.07) is 3.20. The van der Waals surface area contributed by atoms with Crippen LogP contribution in [0.15, 0.2) is 18.2 Å². The molecule has 29 heavy (non-hydrogen) atoms. The van der Waals surface area contributed by atoms with Crippen LogP contribution in [0, 0.1) is 17.0 Å². The molecule has 0 radical (unpaired) electrons.